The number of halogens is 5. The molecule has 0 aromatic rings. The van der Waals surface area contributed by atoms with Gasteiger partial charge in [-0.25, -0.2) is 4.74 Å². The molecule has 0 aliphatic heterocycles. The lowest BCUT2D eigenvalue weighted by atomic mass is 11.2. The maximum Gasteiger partial charge on any atom is 0.529 e. The van der Waals surface area contributed by atoms with Crippen LogP contribution in [0.1, 0.15) is 0 Å². The van der Waals surface area contributed by atoms with Crippen molar-refractivity contribution >= 4 is 0 Å². The van der Waals surface area contributed by atoms with Gasteiger partial charge in [0.25, 0.3) is 0 Å². The minimum Gasteiger partial charge on any atom is -0.311 e. The molecule has 0 heterocycles. The van der Waals surface area contributed by atoms with Crippen molar-refractivity contribution in [2.24, 2.45) is 0 Å². The number of rotatable bonds is 1. The van der Waals surface area contributed by atoms with Gasteiger partial charge in [-0.05, 0) is 0 Å². The van der Waals surface area contributed by atoms with E-state index in [1.807, 2.05) is 4.74 Å². The molecule has 0 rings (SSSR count). The predicted molar refractivity (Wildman–Crippen MR) is 14.3 cm³/mol. The van der Waals surface area contributed by atoms with Gasteiger partial charge < -0.3 is 5.11 Å². The van der Waals surface area contributed by atoms with Crippen molar-refractivity contribution in [2.75, 3.05) is 0 Å². The van der Waals surface area contributed by atoms with Crippen LogP contribution in [0.3, 0.4) is 0 Å². The van der Waals surface area contributed by atoms with Crippen LogP contribution in [-0.2, 0) is 4.74 Å². The Morgan fingerprint density at radius 2 is 1.33 bits per heavy atom. The Bertz CT molecular complexity index is 78.1. The maximum absolute atomic E-state index is 10.8. The summed E-state index contributed by atoms with van der Waals surface area (Å²) in [5.41, 5.74) is 0. The van der Waals surface area contributed by atoms with E-state index in [9.17, 15) is 22.0 Å². The molecule has 0 saturated heterocycles. The molecule has 0 bridgehead atoms. The molecule has 0 fully saturated rings. The first-order valence-corrected chi connectivity index (χ1v) is 1.58. The Balaban J connectivity index is 3.75. The van der Waals surface area contributed by atoms with Crippen LogP contribution in [0.25, 0.3) is 0 Å². The zero-order valence-electron chi connectivity index (χ0n) is 3.75. The van der Waals surface area contributed by atoms with Gasteiger partial charge >= 0.3 is 12.7 Å². The fourth-order valence-electron chi connectivity index (χ4n) is 0.139. The average molecular weight is 152 g/mol. The zero-order chi connectivity index (χ0) is 7.71. The highest BCUT2D eigenvalue weighted by Gasteiger charge is 2.43. The predicted octanol–water partition coefficient (Wildman–Crippen LogP) is 1.07. The van der Waals surface area contributed by atoms with Gasteiger partial charge in [-0.1, -0.05) is 0 Å². The van der Waals surface area contributed by atoms with Crippen LogP contribution in [0, 0.1) is 0 Å². The molecule has 0 aliphatic rings. The summed E-state index contributed by atoms with van der Waals surface area (Å²) in [6.45, 7) is 0. The van der Waals surface area contributed by atoms with E-state index in [4.69, 9.17) is 5.11 Å². The molecule has 0 spiro atoms. The Morgan fingerprint density at radius 3 is 1.33 bits per heavy atom. The molecule has 0 saturated carbocycles. The first kappa shape index (κ1) is 8.57. The third-order valence-electron chi connectivity index (χ3n) is 0.239. The molecule has 0 atom stereocenters. The zero-order valence-corrected chi connectivity index (χ0v) is 3.75. The maximum atomic E-state index is 10.8. The Hall–Kier alpha value is -0.430. The van der Waals surface area contributed by atoms with Gasteiger partial charge in [0, 0.05) is 0 Å². The summed E-state index contributed by atoms with van der Waals surface area (Å²) in [7, 11) is 0. The van der Waals surface area contributed by atoms with Crippen LogP contribution in [0.4, 0.5) is 22.0 Å². The monoisotopic (exact) mass is 152 g/mol. The van der Waals surface area contributed by atoms with Crippen molar-refractivity contribution < 1.29 is 31.8 Å². The second-order valence-electron chi connectivity index (χ2n) is 1.03. The van der Waals surface area contributed by atoms with Crippen LogP contribution >= 0.6 is 0 Å². The third kappa shape index (κ3) is 7.57. The average Bonchev–Trinajstić information content (AvgIpc) is 1.14. The molecule has 0 unspecified atom stereocenters. The van der Waals surface area contributed by atoms with E-state index in [-0.39, 0.29) is 0 Å². The highest BCUT2D eigenvalue weighted by atomic mass is 19.4. The molecule has 2 nitrogen and oxygen atoms in total. The number of ether oxygens (including phenoxy) is 1. The van der Waals surface area contributed by atoms with E-state index in [1.165, 1.54) is 0 Å². The lowest BCUT2D eigenvalue weighted by Crippen LogP contribution is -2.28. The standard InChI is InChI=1S/C2HF5O2/c3-1(4,5)9-2(6,7)8/h8H. The van der Waals surface area contributed by atoms with E-state index < -0.39 is 12.7 Å². The van der Waals surface area contributed by atoms with Gasteiger partial charge in [0.1, 0.15) is 0 Å². The molecule has 0 radical (unpaired) electrons. The van der Waals surface area contributed by atoms with Crippen LogP contribution in [-0.4, -0.2) is 17.8 Å². The molecule has 0 amide bonds. The first-order valence-electron chi connectivity index (χ1n) is 1.58. The van der Waals surface area contributed by atoms with Crippen LogP contribution in [0.5, 0.6) is 0 Å². The molecule has 0 aromatic carbocycles. The first-order chi connectivity index (χ1) is 3.71. The lowest BCUT2D eigenvalue weighted by Gasteiger charge is -2.10. The van der Waals surface area contributed by atoms with E-state index in [0.717, 1.165) is 0 Å². The summed E-state index contributed by atoms with van der Waals surface area (Å²) in [6, 6.07) is 0. The molecule has 0 aromatic heterocycles. The fraction of sp³-hybridized carbons (Fsp3) is 1.00. The summed E-state index contributed by atoms with van der Waals surface area (Å²) in [6.07, 6.45) is -10.7. The molecule has 9 heavy (non-hydrogen) atoms. The van der Waals surface area contributed by atoms with Crippen LogP contribution in [0.15, 0.2) is 0 Å². The van der Waals surface area contributed by atoms with Crippen LogP contribution < -0.4 is 0 Å². The second kappa shape index (κ2) is 2.07. The van der Waals surface area contributed by atoms with Gasteiger partial charge in [0.15, 0.2) is 0 Å². The highest BCUT2D eigenvalue weighted by Crippen LogP contribution is 2.24. The van der Waals surface area contributed by atoms with E-state index in [2.05, 4.69) is 0 Å². The van der Waals surface area contributed by atoms with Crippen molar-refractivity contribution in [3.8, 4) is 0 Å². The summed E-state index contributed by atoms with van der Waals surface area (Å²) >= 11 is 0. The van der Waals surface area contributed by atoms with Gasteiger partial charge in [-0.3, -0.25) is 0 Å². The topological polar surface area (TPSA) is 29.5 Å². The van der Waals surface area contributed by atoms with Crippen molar-refractivity contribution in [3.05, 3.63) is 0 Å². The summed E-state index contributed by atoms with van der Waals surface area (Å²) in [5.74, 6) is 0. The number of hydrogen-bond acceptors (Lipinski definition) is 2. The lowest BCUT2D eigenvalue weighted by molar-refractivity contribution is -0.486. The van der Waals surface area contributed by atoms with Gasteiger partial charge in [0.05, 0.1) is 0 Å². The largest absolute Gasteiger partial charge is 0.529 e. The van der Waals surface area contributed by atoms with Gasteiger partial charge in [-0.2, -0.15) is 0 Å². The number of aliphatic hydroxyl groups is 1. The fourth-order valence-corrected chi connectivity index (χ4v) is 0.139. The summed E-state index contributed by atoms with van der Waals surface area (Å²) < 4.78 is 55.6. The van der Waals surface area contributed by atoms with Gasteiger partial charge in [-0.15, -0.1) is 22.0 Å². The van der Waals surface area contributed by atoms with Crippen LogP contribution in [0.2, 0.25) is 0 Å². The van der Waals surface area contributed by atoms with Crippen molar-refractivity contribution in [3.63, 3.8) is 0 Å². The Kier molecular flexibility index (Phi) is 1.97. The molecule has 1 N–H and O–H groups in total. The SMILES string of the molecule is OC(F)(F)OC(F)(F)F. The van der Waals surface area contributed by atoms with Crippen molar-refractivity contribution in [1.82, 2.24) is 0 Å². The number of hydrogen-bond donors (Lipinski definition) is 1. The smallest absolute Gasteiger partial charge is 0.311 e. The van der Waals surface area contributed by atoms with Crippen molar-refractivity contribution in [1.29, 1.82) is 0 Å². The van der Waals surface area contributed by atoms with E-state index in [1.54, 1.807) is 0 Å². The third-order valence-corrected chi connectivity index (χ3v) is 0.239. The summed E-state index contributed by atoms with van der Waals surface area (Å²) in [5, 5.41) is 7.08. The molecule has 56 valence electrons. The van der Waals surface area contributed by atoms with Gasteiger partial charge in [0.2, 0.25) is 0 Å². The van der Waals surface area contributed by atoms with Crippen molar-refractivity contribution in [2.45, 2.75) is 12.7 Å². The van der Waals surface area contributed by atoms with E-state index in [0.29, 0.717) is 0 Å². The quantitative estimate of drug-likeness (QED) is 0.449. The minimum atomic E-state index is -5.52. The summed E-state index contributed by atoms with van der Waals surface area (Å²) in [4.78, 5) is 0. The molecular formula is C2HF5O2. The second-order valence-corrected chi connectivity index (χ2v) is 1.03. The normalized spacial score (nSPS) is 14.0. The Morgan fingerprint density at radius 1 is 1.00 bits per heavy atom. The number of alkyl halides is 5. The molecule has 0 aliphatic carbocycles. The molecule has 7 heteroatoms. The Labute approximate surface area is 45.8 Å². The highest BCUT2D eigenvalue weighted by molar-refractivity contribution is 4.29. The minimum absolute atomic E-state index is 1.85. The van der Waals surface area contributed by atoms with E-state index >= 15 is 0 Å². The molecular weight excluding hydrogens is 151 g/mol.